The standard InChI is InChI=1S/C34H58O4/c1-3-5-7-8-9-10-11-12-13-14-15-16-17-18-19-23-27-31-34(37)38-32(28-24-6-4-2)29-25-21-20-22-26-30-33(35)36/h9-10,12-13,15-16,18-19,32H,3-8,11,14,17,20-31H2,1-2H3,(H,35,36)/b10-9-,13-12-,16-15-,19-18-. The van der Waals surface area contributed by atoms with Crippen molar-refractivity contribution in [1.29, 1.82) is 0 Å². The van der Waals surface area contributed by atoms with Crippen LogP contribution in [0.2, 0.25) is 0 Å². The predicted molar refractivity (Wildman–Crippen MR) is 162 cm³/mol. The molecule has 0 saturated carbocycles. The molecule has 1 atom stereocenters. The summed E-state index contributed by atoms with van der Waals surface area (Å²) in [6, 6.07) is 0. The van der Waals surface area contributed by atoms with Gasteiger partial charge in [-0.2, -0.15) is 0 Å². The van der Waals surface area contributed by atoms with Crippen molar-refractivity contribution in [3.8, 4) is 0 Å². The molecule has 1 unspecified atom stereocenters. The van der Waals surface area contributed by atoms with Gasteiger partial charge in [-0.1, -0.05) is 107 Å². The Morgan fingerprint density at radius 2 is 1.05 bits per heavy atom. The van der Waals surface area contributed by atoms with E-state index in [0.717, 1.165) is 83.5 Å². The van der Waals surface area contributed by atoms with Crippen LogP contribution in [0.25, 0.3) is 0 Å². The van der Waals surface area contributed by atoms with E-state index in [-0.39, 0.29) is 18.5 Å². The van der Waals surface area contributed by atoms with Gasteiger partial charge in [0.15, 0.2) is 0 Å². The van der Waals surface area contributed by atoms with E-state index in [0.29, 0.717) is 6.42 Å². The average molecular weight is 531 g/mol. The summed E-state index contributed by atoms with van der Waals surface area (Å²) in [6.45, 7) is 4.43. The molecule has 218 valence electrons. The van der Waals surface area contributed by atoms with Crippen LogP contribution >= 0.6 is 0 Å². The summed E-state index contributed by atoms with van der Waals surface area (Å²) in [5.41, 5.74) is 0. The monoisotopic (exact) mass is 530 g/mol. The number of ether oxygens (including phenoxy) is 1. The summed E-state index contributed by atoms with van der Waals surface area (Å²) in [5, 5.41) is 8.71. The lowest BCUT2D eigenvalue weighted by Crippen LogP contribution is -2.18. The number of carbonyl (C=O) groups is 2. The maximum absolute atomic E-state index is 12.4. The summed E-state index contributed by atoms with van der Waals surface area (Å²) in [4.78, 5) is 22.9. The molecular formula is C34H58O4. The zero-order valence-corrected chi connectivity index (χ0v) is 24.7. The molecule has 1 N–H and O–H groups in total. The fourth-order valence-corrected chi connectivity index (χ4v) is 4.23. The Morgan fingerprint density at radius 3 is 1.63 bits per heavy atom. The van der Waals surface area contributed by atoms with Crippen molar-refractivity contribution in [3.05, 3.63) is 48.6 Å². The zero-order valence-electron chi connectivity index (χ0n) is 24.7. The second-order valence-corrected chi connectivity index (χ2v) is 10.3. The molecule has 0 spiro atoms. The second-order valence-electron chi connectivity index (χ2n) is 10.3. The van der Waals surface area contributed by atoms with Crippen molar-refractivity contribution in [3.63, 3.8) is 0 Å². The topological polar surface area (TPSA) is 63.6 Å². The highest BCUT2D eigenvalue weighted by Crippen LogP contribution is 2.17. The molecule has 0 amide bonds. The van der Waals surface area contributed by atoms with Crippen molar-refractivity contribution < 1.29 is 19.4 Å². The molecular weight excluding hydrogens is 472 g/mol. The number of hydrogen-bond donors (Lipinski definition) is 1. The van der Waals surface area contributed by atoms with E-state index in [1.807, 2.05) is 0 Å². The van der Waals surface area contributed by atoms with Crippen molar-refractivity contribution >= 4 is 11.9 Å². The van der Waals surface area contributed by atoms with E-state index in [9.17, 15) is 9.59 Å². The molecule has 0 aliphatic heterocycles. The van der Waals surface area contributed by atoms with Gasteiger partial charge in [0.05, 0.1) is 0 Å². The van der Waals surface area contributed by atoms with Gasteiger partial charge in [-0.25, -0.2) is 0 Å². The van der Waals surface area contributed by atoms with Crippen LogP contribution in [-0.4, -0.2) is 23.1 Å². The summed E-state index contributed by atoms with van der Waals surface area (Å²) in [5.74, 6) is -0.778. The van der Waals surface area contributed by atoms with Gasteiger partial charge in [-0.15, -0.1) is 0 Å². The second kappa shape index (κ2) is 29.5. The molecule has 4 nitrogen and oxygen atoms in total. The normalized spacial score (nSPS) is 12.9. The third-order valence-electron chi connectivity index (χ3n) is 6.55. The fourth-order valence-electron chi connectivity index (χ4n) is 4.23. The van der Waals surface area contributed by atoms with E-state index in [4.69, 9.17) is 9.84 Å². The van der Waals surface area contributed by atoms with Gasteiger partial charge in [0.2, 0.25) is 0 Å². The smallest absolute Gasteiger partial charge is 0.306 e. The molecule has 0 aromatic rings. The van der Waals surface area contributed by atoms with E-state index >= 15 is 0 Å². The highest BCUT2D eigenvalue weighted by Gasteiger charge is 2.14. The summed E-state index contributed by atoms with van der Waals surface area (Å²) in [6.07, 6.45) is 38.5. The van der Waals surface area contributed by atoms with Gasteiger partial charge in [-0.3, -0.25) is 9.59 Å². The minimum atomic E-state index is -0.712. The number of rotatable bonds is 27. The first-order valence-corrected chi connectivity index (χ1v) is 15.6. The first-order valence-electron chi connectivity index (χ1n) is 15.6. The third-order valence-corrected chi connectivity index (χ3v) is 6.55. The Hall–Kier alpha value is -2.10. The number of aliphatic carboxylic acids is 1. The predicted octanol–water partition coefficient (Wildman–Crippen LogP) is 10.4. The lowest BCUT2D eigenvalue weighted by Gasteiger charge is -2.18. The van der Waals surface area contributed by atoms with Gasteiger partial charge >= 0.3 is 11.9 Å². The van der Waals surface area contributed by atoms with Crippen LogP contribution in [0, 0.1) is 0 Å². The van der Waals surface area contributed by atoms with Crippen LogP contribution in [0.5, 0.6) is 0 Å². The number of carboxylic acids is 1. The molecule has 0 aromatic carbocycles. The first-order chi connectivity index (χ1) is 18.6. The summed E-state index contributed by atoms with van der Waals surface area (Å²) < 4.78 is 5.82. The maximum Gasteiger partial charge on any atom is 0.306 e. The number of esters is 1. The van der Waals surface area contributed by atoms with E-state index < -0.39 is 5.97 Å². The maximum atomic E-state index is 12.4. The van der Waals surface area contributed by atoms with Crippen LogP contribution in [0.4, 0.5) is 0 Å². The van der Waals surface area contributed by atoms with Crippen LogP contribution in [0.15, 0.2) is 48.6 Å². The molecule has 0 radical (unpaired) electrons. The lowest BCUT2D eigenvalue weighted by atomic mass is 10.0. The largest absolute Gasteiger partial charge is 0.481 e. The van der Waals surface area contributed by atoms with Crippen LogP contribution in [0.1, 0.15) is 149 Å². The number of allylic oxidation sites excluding steroid dienone is 8. The molecule has 0 heterocycles. The van der Waals surface area contributed by atoms with Crippen molar-refractivity contribution in [2.24, 2.45) is 0 Å². The summed E-state index contributed by atoms with van der Waals surface area (Å²) in [7, 11) is 0. The van der Waals surface area contributed by atoms with E-state index in [1.165, 1.54) is 38.5 Å². The molecule has 4 heteroatoms. The molecule has 0 aliphatic rings. The average Bonchev–Trinajstić information content (AvgIpc) is 2.89. The molecule has 38 heavy (non-hydrogen) atoms. The number of unbranched alkanes of at least 4 members (excludes halogenated alkanes) is 10. The van der Waals surface area contributed by atoms with Gasteiger partial charge in [0.25, 0.3) is 0 Å². The van der Waals surface area contributed by atoms with Crippen molar-refractivity contribution in [2.45, 2.75) is 155 Å². The molecule has 0 aliphatic carbocycles. The number of carboxylic acid groups (broad SMARTS) is 1. The Labute approximate surface area is 234 Å². The minimum Gasteiger partial charge on any atom is -0.481 e. The molecule has 0 fully saturated rings. The van der Waals surface area contributed by atoms with Gasteiger partial charge in [0.1, 0.15) is 6.10 Å². The molecule has 0 aromatic heterocycles. The lowest BCUT2D eigenvalue weighted by molar-refractivity contribution is -0.150. The highest BCUT2D eigenvalue weighted by atomic mass is 16.5. The Bertz CT molecular complexity index is 659. The van der Waals surface area contributed by atoms with Crippen molar-refractivity contribution in [2.75, 3.05) is 0 Å². The van der Waals surface area contributed by atoms with Crippen molar-refractivity contribution in [1.82, 2.24) is 0 Å². The zero-order chi connectivity index (χ0) is 27.9. The molecule has 0 saturated heterocycles. The van der Waals surface area contributed by atoms with Gasteiger partial charge in [-0.05, 0) is 77.0 Å². The molecule has 0 bridgehead atoms. The highest BCUT2D eigenvalue weighted by molar-refractivity contribution is 5.69. The van der Waals surface area contributed by atoms with Gasteiger partial charge < -0.3 is 9.84 Å². The third kappa shape index (κ3) is 28.5. The SMILES string of the molecule is CCCCC/C=C\C/C=C\C/C=C\C/C=C\CCCC(=O)OC(CCCCC)CCCCCCCC(=O)O. The summed E-state index contributed by atoms with van der Waals surface area (Å²) >= 11 is 0. The van der Waals surface area contributed by atoms with E-state index in [1.54, 1.807) is 0 Å². The van der Waals surface area contributed by atoms with Crippen LogP contribution in [0.3, 0.4) is 0 Å². The number of carbonyl (C=O) groups excluding carboxylic acids is 1. The Balaban J connectivity index is 3.92. The quantitative estimate of drug-likeness (QED) is 0.0651. The Morgan fingerprint density at radius 1 is 0.579 bits per heavy atom. The van der Waals surface area contributed by atoms with Crippen LogP contribution < -0.4 is 0 Å². The minimum absolute atomic E-state index is 0.0321. The fraction of sp³-hybridized carbons (Fsp3) is 0.706. The Kier molecular flexibility index (Phi) is 27.8. The molecule has 0 rings (SSSR count). The number of hydrogen-bond acceptors (Lipinski definition) is 3. The van der Waals surface area contributed by atoms with E-state index in [2.05, 4.69) is 62.5 Å². The first kappa shape index (κ1) is 35.9. The van der Waals surface area contributed by atoms with Gasteiger partial charge in [0, 0.05) is 12.8 Å². The van der Waals surface area contributed by atoms with Crippen LogP contribution in [-0.2, 0) is 14.3 Å².